The molecule has 0 aromatic heterocycles. The lowest BCUT2D eigenvalue weighted by Crippen LogP contribution is -2.73. The number of aliphatic hydroxyl groups is 30. The van der Waals surface area contributed by atoms with Gasteiger partial charge in [0.2, 0.25) is 35.4 Å². The van der Waals surface area contributed by atoms with E-state index >= 15 is 0 Å². The van der Waals surface area contributed by atoms with Crippen molar-refractivity contribution in [1.29, 1.82) is 0 Å². The fourth-order valence-corrected chi connectivity index (χ4v) is 18.9. The Bertz CT molecular complexity index is 4490. The summed E-state index contributed by atoms with van der Waals surface area (Å²) in [6, 6.07) is -13.3. The minimum Gasteiger partial charge on any atom is -0.477 e. The number of carbonyl (C=O) groups excluding carboxylic acids is 6. The number of carbonyl (C=O) groups is 11. The zero-order valence-corrected chi connectivity index (χ0v) is 79.4. The van der Waals surface area contributed by atoms with Crippen LogP contribution in [0.2, 0.25) is 0 Å². The first kappa shape index (κ1) is 126. The molecule has 0 aromatic rings. The van der Waals surface area contributed by atoms with Crippen molar-refractivity contribution in [1.82, 2.24) is 31.9 Å². The summed E-state index contributed by atoms with van der Waals surface area (Å²) in [5, 5.41) is 406. The smallest absolute Gasteiger partial charge is 0.364 e. The Labute approximate surface area is 843 Å². The number of amides is 6. The maximum Gasteiger partial charge on any atom is 0.364 e. The molecule has 6 amide bonds. The number of ether oxygens (including phenoxy) is 17. The molecule has 0 radical (unpaired) electrons. The number of carboxylic acid groups (broad SMARTS) is 5. The van der Waals surface area contributed by atoms with Gasteiger partial charge >= 0.3 is 29.8 Å². The maximum atomic E-state index is 14.6. The molecule has 9 heterocycles. The largest absolute Gasteiger partial charge is 0.477 e. The number of hydrogen-bond donors (Lipinski definition) is 41. The molecule has 9 fully saturated rings. The number of nitrogens with one attached hydrogen (secondary N) is 6. The predicted octanol–water partition coefficient (Wildman–Crippen LogP) is -25.8. The van der Waals surface area contributed by atoms with E-state index in [1.54, 1.807) is 0 Å². The fraction of sp³-hybridized carbons (Fsp3) is 0.864. The van der Waals surface area contributed by atoms with Gasteiger partial charge in [0.05, 0.1) is 120 Å². The van der Waals surface area contributed by atoms with E-state index in [2.05, 4.69) is 21.3 Å². The molecule has 0 aromatic carbocycles. The number of aliphatic carboxylic acids is 5. The van der Waals surface area contributed by atoms with E-state index in [1.807, 2.05) is 10.6 Å². The van der Waals surface area contributed by atoms with Crippen molar-refractivity contribution in [2.24, 2.45) is 0 Å². The summed E-state index contributed by atoms with van der Waals surface area (Å²) in [5.41, 5.74) is 0. The van der Waals surface area contributed by atoms with Crippen LogP contribution in [0.25, 0.3) is 0 Å². The van der Waals surface area contributed by atoms with Crippen molar-refractivity contribution in [2.75, 3.05) is 72.7 Å². The van der Waals surface area contributed by atoms with Crippen molar-refractivity contribution in [3.63, 3.8) is 0 Å². The number of carboxylic acids is 5. The number of hydrogen-bond acceptors (Lipinski definition) is 58. The minimum atomic E-state index is -3.99. The first-order valence-electron chi connectivity index (χ1n) is 46.1. The lowest BCUT2D eigenvalue weighted by molar-refractivity contribution is -0.405. The van der Waals surface area contributed by atoms with Crippen LogP contribution in [0.1, 0.15) is 59.8 Å². The van der Waals surface area contributed by atoms with Gasteiger partial charge in [-0.15, -0.1) is 0 Å². The topological polar surface area (TPSA) is 1120 Å². The van der Waals surface area contributed by atoms with Crippen LogP contribution in [0, 0.1) is 0 Å². The molecule has 0 saturated carbocycles. The molecule has 150 heavy (non-hydrogen) atoms. The van der Waals surface area contributed by atoms with E-state index in [0.29, 0.717) is 13.8 Å². The van der Waals surface area contributed by atoms with Gasteiger partial charge in [-0.25, -0.2) is 24.0 Å². The van der Waals surface area contributed by atoms with Gasteiger partial charge in [0.1, 0.15) is 202 Å². The summed E-state index contributed by atoms with van der Waals surface area (Å²) in [4.78, 5) is 147. The molecule has 0 unspecified atom stereocenters. The standard InChI is InChI=1S/C81H130N6O63/c1-21(99)82-41-25(103)5-77(72(124)125,144-61(41)47(112)30(108)10-88)141-34(14-92)51(116)63-42(83-22(2)100)26(104)8-80(147-63,75(130)131)149-66-50(115)33(13-91)136-70(56(66)121)140-60-46(85-24(4)102)69(135-32(12-90)49(60)114)139-59-38(18-96)137-71(138-58-37(17-95)134-68(123)55(120)54(58)119)57(122)67(59)150-81(76(132)133)9-27(105)43(84-23(3)101)64(148-81)52(117)35(15-93)143-79(74(128)129)7-29(107)45(87-40(111)20-98)65(146-79)53(118)36(16-94)142-78(73(126)127)6-28(106)44(86-39(110)19-97)62(145-78)48(113)31(109)11-89/h25-38,41-71,88-98,103-109,112-123H,5-20H2,1-4H3,(H,82,99)(H,83,100)(H,84,101)(H,85,102)(H,86,110)(H,87,111)(H,124,125)(H,126,127)(H,128,129)(H,130,131)(H,132,133)/t25-,26-,27-,28-,29-,30+,31+,32+,33+,34+,35+,36+,37+,38+,41+,42+,43+,44+,45+,46+,47+,48+,49-,50-,51+,52+,53+,54+,55+,56+,57+,58+,59-,60+,61+,62+,63+,64+,65+,66-,67+,68+,69-,70-,71-,77+,78+,79+,80-,81-/m0/s1. The molecule has 0 aliphatic carbocycles. The van der Waals surface area contributed by atoms with Crippen LogP contribution >= 0.6 is 0 Å². The van der Waals surface area contributed by atoms with Crippen LogP contribution < -0.4 is 31.9 Å². The normalized spacial score (nSPS) is 41.5. The lowest BCUT2D eigenvalue weighted by Gasteiger charge is -2.53. The molecular weight excluding hydrogens is 2060 g/mol. The third kappa shape index (κ3) is 27.4. The van der Waals surface area contributed by atoms with Crippen LogP contribution in [0.5, 0.6) is 0 Å². The van der Waals surface area contributed by atoms with E-state index in [9.17, 15) is 231 Å². The summed E-state index contributed by atoms with van der Waals surface area (Å²) in [7, 11) is 0. The monoisotopic (exact) mass is 2190 g/mol. The van der Waals surface area contributed by atoms with E-state index in [0.717, 1.165) is 13.8 Å². The van der Waals surface area contributed by atoms with Gasteiger partial charge in [-0.3, -0.25) is 28.8 Å². The average Bonchev–Trinajstić information content (AvgIpc) is 0.627. The first-order chi connectivity index (χ1) is 70.3. The summed E-state index contributed by atoms with van der Waals surface area (Å²) in [5.74, 6) is -38.3. The molecule has 862 valence electrons. The van der Waals surface area contributed by atoms with Gasteiger partial charge in [0.25, 0.3) is 28.9 Å². The number of rotatable bonds is 48. The highest BCUT2D eigenvalue weighted by Crippen LogP contribution is 2.47. The molecule has 69 heteroatoms. The van der Waals surface area contributed by atoms with E-state index < -0.39 is 474 Å². The summed E-state index contributed by atoms with van der Waals surface area (Å²) in [6.45, 7) is -13.5. The van der Waals surface area contributed by atoms with Crippen LogP contribution in [0.3, 0.4) is 0 Å². The molecule has 9 saturated heterocycles. The Morgan fingerprint density at radius 2 is 0.553 bits per heavy atom. The van der Waals surface area contributed by atoms with E-state index in [4.69, 9.17) is 80.5 Å². The quantitative estimate of drug-likeness (QED) is 0.0269. The van der Waals surface area contributed by atoms with Crippen molar-refractivity contribution in [3.8, 4) is 0 Å². The Morgan fingerprint density at radius 1 is 0.287 bits per heavy atom. The molecule has 9 aliphatic rings. The van der Waals surface area contributed by atoms with Crippen molar-refractivity contribution < 1.29 is 312 Å². The Balaban J connectivity index is 1.09. The Hall–Kier alpha value is -7.71. The Morgan fingerprint density at radius 3 is 0.867 bits per heavy atom. The highest BCUT2D eigenvalue weighted by atomic mass is 16.8. The van der Waals surface area contributed by atoms with Gasteiger partial charge in [-0.1, -0.05) is 0 Å². The van der Waals surface area contributed by atoms with Crippen LogP contribution in [-0.4, -0.2) is 621 Å². The second kappa shape index (κ2) is 52.9. The van der Waals surface area contributed by atoms with E-state index in [1.165, 1.54) is 0 Å². The zero-order valence-electron chi connectivity index (χ0n) is 79.4. The highest BCUT2D eigenvalue weighted by Gasteiger charge is 2.69. The Kier molecular flexibility index (Phi) is 44.3. The fourth-order valence-electron chi connectivity index (χ4n) is 18.9. The number of aliphatic hydroxyl groups excluding tert-OH is 30. The van der Waals surface area contributed by atoms with Gasteiger partial charge < -0.3 is 291 Å². The SMILES string of the molecule is CC(=O)N[C@H]1[C@H](O[C@@H]2[C@H](O[C@]3(C(=O)O)C[C@H](O)[C@@H](NC(C)=O)[C@H]([C@H](O)[C@@H](CO)O[C@]4(C(=O)O)C[C@H](O)[C@@H](NC(=O)CO)[C@H]([C@H](O)[C@@H](CO)O[C@]5(C(=O)O)C[C@H](O)[C@@H](NC(=O)CO)[C@H]([C@H](O)[C@H](O)CO)O5)O4)O3)[C@@H](O)[C@H](O[C@H]3[C@H](O)[C@@H](O)[C@H](O)O[C@@H]3CO)O[C@@H]2CO)O[C@H](CO)[C@H](O)[C@@H]1O[C@@H]1O[C@H](CO)[C@H](O)[C@H](O[C@]2(C(=O)O)C[C@H](O)[C@@H](NC(C)=O)[C@H]([C@H](O)[C@@H](CO)O[C@]3(C(=O)O)C[C@H](O)[C@@H](NC(C)=O)[C@H]([C@H](O)[C@H](O)CO)O3)O2)[C@H]1O. The molecular formula is C81H130N6O63. The molecule has 41 N–H and O–H groups in total. The average molecular weight is 2200 g/mol. The summed E-state index contributed by atoms with van der Waals surface area (Å²) >= 11 is 0. The van der Waals surface area contributed by atoms with Gasteiger partial charge in [-0.2, -0.15) is 0 Å². The van der Waals surface area contributed by atoms with Crippen molar-refractivity contribution in [3.05, 3.63) is 0 Å². The van der Waals surface area contributed by atoms with Gasteiger partial charge in [0.15, 0.2) is 25.2 Å². The third-order valence-corrected chi connectivity index (χ3v) is 26.3. The molecule has 9 rings (SSSR count). The highest BCUT2D eigenvalue weighted by molar-refractivity contribution is 5.81. The second-order valence-corrected chi connectivity index (χ2v) is 36.8. The van der Waals surface area contributed by atoms with E-state index in [-0.39, 0.29) is 0 Å². The van der Waals surface area contributed by atoms with Gasteiger partial charge in [-0.05, 0) is 0 Å². The third-order valence-electron chi connectivity index (χ3n) is 26.3. The van der Waals surface area contributed by atoms with Crippen molar-refractivity contribution in [2.45, 2.75) is 364 Å². The molecule has 9 aliphatic heterocycles. The second-order valence-electron chi connectivity index (χ2n) is 36.8. The summed E-state index contributed by atoms with van der Waals surface area (Å²) in [6.07, 6.45) is -109. The van der Waals surface area contributed by atoms with Crippen LogP contribution in [0.15, 0.2) is 0 Å². The van der Waals surface area contributed by atoms with Gasteiger partial charge in [0, 0.05) is 59.8 Å². The zero-order chi connectivity index (χ0) is 112. The molecule has 69 nitrogen and oxygen atoms in total. The molecule has 0 bridgehead atoms. The van der Waals surface area contributed by atoms with Crippen LogP contribution in [0.4, 0.5) is 0 Å². The maximum absolute atomic E-state index is 14.6. The minimum absolute atomic E-state index is 0.709. The summed E-state index contributed by atoms with van der Waals surface area (Å²) < 4.78 is 99.1. The van der Waals surface area contributed by atoms with Crippen molar-refractivity contribution >= 4 is 65.3 Å². The van der Waals surface area contributed by atoms with Crippen LogP contribution in [-0.2, 0) is 133 Å². The first-order valence-corrected chi connectivity index (χ1v) is 46.1. The molecule has 0 spiro atoms. The lowest BCUT2D eigenvalue weighted by atomic mass is 9.86. The molecule has 50 atom stereocenters. The predicted molar refractivity (Wildman–Crippen MR) is 455 cm³/mol.